The smallest absolute Gasteiger partial charge is 0.266 e. The zero-order valence-corrected chi connectivity index (χ0v) is 20.0. The quantitative estimate of drug-likeness (QED) is 0.547. The maximum Gasteiger partial charge on any atom is 0.266 e. The Morgan fingerprint density at radius 3 is 2.72 bits per heavy atom. The van der Waals surface area contributed by atoms with E-state index < -0.39 is 15.8 Å². The summed E-state index contributed by atoms with van der Waals surface area (Å²) in [6.07, 6.45) is 0.955. The summed E-state index contributed by atoms with van der Waals surface area (Å²) in [7, 11) is -2.10. The van der Waals surface area contributed by atoms with Crippen LogP contribution in [-0.4, -0.2) is 44.0 Å². The second-order valence-corrected chi connectivity index (χ2v) is 10.6. The SMILES string of the molecule is Cc1cc(S(=O)(=O)Nc2cscn2)c(F)cc1N(C)[C@@H]1CCN(Cc2ccccc2)[C@@H]1C. The summed E-state index contributed by atoms with van der Waals surface area (Å²) in [6, 6.07) is 13.6. The van der Waals surface area contributed by atoms with Crippen LogP contribution in [0.15, 0.2) is 58.3 Å². The topological polar surface area (TPSA) is 65.5 Å². The third kappa shape index (κ3) is 4.65. The Balaban J connectivity index is 1.53. The first-order valence-electron chi connectivity index (χ1n) is 10.5. The minimum absolute atomic E-state index is 0.187. The number of thiazole rings is 1. The Hall–Kier alpha value is -2.49. The van der Waals surface area contributed by atoms with Crippen LogP contribution in [0.5, 0.6) is 0 Å². The number of aromatic nitrogens is 1. The molecule has 1 N–H and O–H groups in total. The van der Waals surface area contributed by atoms with Crippen molar-refractivity contribution in [3.05, 3.63) is 70.3 Å². The van der Waals surface area contributed by atoms with Crippen molar-refractivity contribution >= 4 is 32.9 Å². The van der Waals surface area contributed by atoms with Gasteiger partial charge in [-0.25, -0.2) is 17.8 Å². The highest BCUT2D eigenvalue weighted by atomic mass is 32.2. The number of likely N-dealkylation sites (N-methyl/N-ethyl adjacent to an activating group) is 1. The van der Waals surface area contributed by atoms with Gasteiger partial charge in [0, 0.05) is 43.3 Å². The summed E-state index contributed by atoms with van der Waals surface area (Å²) in [4.78, 5) is 8.06. The molecule has 1 aromatic heterocycles. The molecule has 1 saturated heterocycles. The van der Waals surface area contributed by atoms with Gasteiger partial charge in [-0.05, 0) is 43.5 Å². The number of anilines is 2. The van der Waals surface area contributed by atoms with E-state index in [0.717, 1.165) is 19.5 Å². The first-order valence-corrected chi connectivity index (χ1v) is 12.9. The summed E-state index contributed by atoms with van der Waals surface area (Å²) in [6.45, 7) is 5.84. The molecule has 9 heteroatoms. The molecule has 0 aliphatic carbocycles. The first kappa shape index (κ1) is 22.7. The number of hydrogen-bond acceptors (Lipinski definition) is 6. The van der Waals surface area contributed by atoms with E-state index in [1.165, 1.54) is 34.5 Å². The Bertz CT molecular complexity index is 1170. The van der Waals surface area contributed by atoms with Gasteiger partial charge in [-0.2, -0.15) is 0 Å². The lowest BCUT2D eigenvalue weighted by Gasteiger charge is -2.33. The second kappa shape index (κ2) is 9.17. The summed E-state index contributed by atoms with van der Waals surface area (Å²) in [5.74, 6) is -0.585. The zero-order chi connectivity index (χ0) is 22.9. The van der Waals surface area contributed by atoms with Crippen LogP contribution in [0.2, 0.25) is 0 Å². The highest BCUT2D eigenvalue weighted by Crippen LogP contribution is 2.32. The highest BCUT2D eigenvalue weighted by molar-refractivity contribution is 7.92. The van der Waals surface area contributed by atoms with E-state index in [-0.39, 0.29) is 22.8 Å². The average Bonchev–Trinajstić information content (AvgIpc) is 3.39. The van der Waals surface area contributed by atoms with Crippen LogP contribution in [-0.2, 0) is 16.6 Å². The molecule has 32 heavy (non-hydrogen) atoms. The number of aryl methyl sites for hydroxylation is 1. The molecule has 2 heterocycles. The lowest BCUT2D eigenvalue weighted by molar-refractivity contribution is 0.250. The van der Waals surface area contributed by atoms with Crippen molar-refractivity contribution in [3.63, 3.8) is 0 Å². The molecule has 0 amide bonds. The fourth-order valence-corrected chi connectivity index (χ4v) is 6.11. The number of rotatable bonds is 7. The van der Waals surface area contributed by atoms with Crippen LogP contribution < -0.4 is 9.62 Å². The number of halogens is 1. The van der Waals surface area contributed by atoms with Gasteiger partial charge in [0.05, 0.1) is 5.51 Å². The zero-order valence-electron chi connectivity index (χ0n) is 18.3. The molecule has 6 nitrogen and oxygen atoms in total. The number of hydrogen-bond donors (Lipinski definition) is 1. The fraction of sp³-hybridized carbons (Fsp3) is 0.348. The fourth-order valence-electron chi connectivity index (χ4n) is 4.41. The maximum atomic E-state index is 15.0. The van der Waals surface area contributed by atoms with Gasteiger partial charge in [-0.1, -0.05) is 30.3 Å². The van der Waals surface area contributed by atoms with Crippen LogP contribution in [0.25, 0.3) is 0 Å². The van der Waals surface area contributed by atoms with E-state index in [1.54, 1.807) is 5.38 Å². The van der Waals surface area contributed by atoms with E-state index >= 15 is 0 Å². The number of benzene rings is 2. The number of nitrogens with zero attached hydrogens (tertiary/aromatic N) is 3. The lowest BCUT2D eigenvalue weighted by Crippen LogP contribution is -2.41. The van der Waals surface area contributed by atoms with Gasteiger partial charge in [-0.3, -0.25) is 9.62 Å². The summed E-state index contributed by atoms with van der Waals surface area (Å²) in [5, 5.41) is 1.56. The van der Waals surface area contributed by atoms with Crippen molar-refractivity contribution in [2.24, 2.45) is 0 Å². The minimum Gasteiger partial charge on any atom is -0.370 e. The molecule has 0 spiro atoms. The number of nitrogens with one attached hydrogen (secondary N) is 1. The van der Waals surface area contributed by atoms with E-state index in [9.17, 15) is 12.8 Å². The molecule has 2 aromatic carbocycles. The molecule has 0 bridgehead atoms. The molecule has 0 radical (unpaired) electrons. The van der Waals surface area contributed by atoms with Crippen LogP contribution in [0, 0.1) is 12.7 Å². The van der Waals surface area contributed by atoms with Gasteiger partial charge in [0.2, 0.25) is 0 Å². The third-order valence-electron chi connectivity index (χ3n) is 6.16. The molecule has 2 atom stereocenters. The standard InChI is InChI=1S/C23H27FN4O2S2/c1-16-11-22(32(29,30)26-23-14-31-15-25-23)19(24)12-21(16)27(3)20-9-10-28(17(20)2)13-18-7-5-4-6-8-18/h4-8,11-12,14-15,17,20,26H,9-10,13H2,1-3H3/t17-,20-/m1/s1. The van der Waals surface area contributed by atoms with Crippen molar-refractivity contribution in [1.82, 2.24) is 9.88 Å². The molecule has 1 fully saturated rings. The molecule has 170 valence electrons. The van der Waals surface area contributed by atoms with E-state index in [1.807, 2.05) is 32.2 Å². The van der Waals surface area contributed by atoms with E-state index in [2.05, 4.69) is 38.6 Å². The van der Waals surface area contributed by atoms with Crippen LogP contribution >= 0.6 is 11.3 Å². The van der Waals surface area contributed by atoms with Crippen LogP contribution in [0.3, 0.4) is 0 Å². The Labute approximate surface area is 192 Å². The number of sulfonamides is 1. The van der Waals surface area contributed by atoms with Gasteiger partial charge in [-0.15, -0.1) is 11.3 Å². The van der Waals surface area contributed by atoms with Crippen molar-refractivity contribution < 1.29 is 12.8 Å². The highest BCUT2D eigenvalue weighted by Gasteiger charge is 2.34. The second-order valence-electron chi connectivity index (χ2n) is 8.21. The normalized spacial score (nSPS) is 19.2. The molecule has 0 unspecified atom stereocenters. The predicted molar refractivity (Wildman–Crippen MR) is 127 cm³/mol. The van der Waals surface area contributed by atoms with Gasteiger partial charge in [0.25, 0.3) is 10.0 Å². The van der Waals surface area contributed by atoms with Gasteiger partial charge >= 0.3 is 0 Å². The molecular formula is C23H27FN4O2S2. The Kier molecular flexibility index (Phi) is 6.50. The van der Waals surface area contributed by atoms with Gasteiger partial charge in [0.1, 0.15) is 10.7 Å². The van der Waals surface area contributed by atoms with Gasteiger partial charge in [0.15, 0.2) is 5.82 Å². The Morgan fingerprint density at radius 1 is 1.28 bits per heavy atom. The first-order chi connectivity index (χ1) is 15.3. The van der Waals surface area contributed by atoms with Crippen molar-refractivity contribution in [1.29, 1.82) is 0 Å². The molecule has 1 aliphatic heterocycles. The molecule has 1 aliphatic rings. The van der Waals surface area contributed by atoms with Crippen molar-refractivity contribution in [2.75, 3.05) is 23.2 Å². The minimum atomic E-state index is -4.06. The third-order valence-corrected chi connectivity index (χ3v) is 8.12. The molecule has 3 aromatic rings. The largest absolute Gasteiger partial charge is 0.370 e. The van der Waals surface area contributed by atoms with Crippen molar-refractivity contribution in [3.8, 4) is 0 Å². The van der Waals surface area contributed by atoms with Gasteiger partial charge < -0.3 is 4.90 Å². The van der Waals surface area contributed by atoms with Crippen LogP contribution in [0.1, 0.15) is 24.5 Å². The molecule has 4 rings (SSSR count). The van der Waals surface area contributed by atoms with Crippen LogP contribution in [0.4, 0.5) is 15.9 Å². The molecular weight excluding hydrogens is 447 g/mol. The summed E-state index contributed by atoms with van der Waals surface area (Å²) < 4.78 is 42.7. The summed E-state index contributed by atoms with van der Waals surface area (Å²) in [5.41, 5.74) is 4.20. The molecule has 0 saturated carbocycles. The number of likely N-dealkylation sites (tertiary alicyclic amines) is 1. The van der Waals surface area contributed by atoms with E-state index in [0.29, 0.717) is 11.3 Å². The predicted octanol–water partition coefficient (Wildman–Crippen LogP) is 4.49. The van der Waals surface area contributed by atoms with E-state index in [4.69, 9.17) is 0 Å². The lowest BCUT2D eigenvalue weighted by atomic mass is 10.1. The summed E-state index contributed by atoms with van der Waals surface area (Å²) >= 11 is 1.26. The monoisotopic (exact) mass is 474 g/mol. The van der Waals surface area contributed by atoms with Crippen molar-refractivity contribution in [2.45, 2.75) is 43.8 Å². The Morgan fingerprint density at radius 2 is 2.03 bits per heavy atom. The maximum absolute atomic E-state index is 15.0. The average molecular weight is 475 g/mol.